The molecule has 2 atom stereocenters. The molecule has 0 aliphatic heterocycles. The van der Waals surface area contributed by atoms with E-state index in [2.05, 4.69) is 6.92 Å². The van der Waals surface area contributed by atoms with Crippen LogP contribution in [0.2, 0.25) is 0 Å². The number of rotatable bonds is 17. The molecule has 0 radical (unpaired) electrons. The Bertz CT molecular complexity index is 281. The van der Waals surface area contributed by atoms with Crippen LogP contribution in [0.1, 0.15) is 104 Å². The summed E-state index contributed by atoms with van der Waals surface area (Å²) in [5, 5.41) is 19.3. The standard InChI is InChI=1S/C20H40O4/c1-3-5-6-7-8-9-10-11-12-13-14-15-16-17-18(21)19(22)20(23)24-4-2/h18-19,21-22H,3-17H2,1-2H3/t18-,19+/m0/s1. The summed E-state index contributed by atoms with van der Waals surface area (Å²) in [5.41, 5.74) is 0. The van der Waals surface area contributed by atoms with Crippen molar-refractivity contribution in [1.82, 2.24) is 0 Å². The quantitative estimate of drug-likeness (QED) is 0.295. The van der Waals surface area contributed by atoms with E-state index >= 15 is 0 Å². The van der Waals surface area contributed by atoms with E-state index in [1.807, 2.05) is 0 Å². The van der Waals surface area contributed by atoms with Crippen LogP contribution in [0.25, 0.3) is 0 Å². The molecule has 0 fully saturated rings. The maximum Gasteiger partial charge on any atom is 0.337 e. The predicted octanol–water partition coefficient (Wildman–Crippen LogP) is 4.75. The first-order chi connectivity index (χ1) is 11.6. The highest BCUT2D eigenvalue weighted by Crippen LogP contribution is 2.14. The summed E-state index contributed by atoms with van der Waals surface area (Å²) in [5.74, 6) is -0.723. The normalized spacial score (nSPS) is 13.7. The Morgan fingerprint density at radius 3 is 1.58 bits per heavy atom. The fourth-order valence-electron chi connectivity index (χ4n) is 2.91. The zero-order valence-electron chi connectivity index (χ0n) is 16.0. The van der Waals surface area contributed by atoms with Crippen LogP contribution in [0, 0.1) is 0 Å². The third-order valence-electron chi connectivity index (χ3n) is 4.50. The van der Waals surface area contributed by atoms with Gasteiger partial charge in [0.2, 0.25) is 0 Å². The van der Waals surface area contributed by atoms with Crippen molar-refractivity contribution in [2.75, 3.05) is 6.61 Å². The van der Waals surface area contributed by atoms with Crippen molar-refractivity contribution in [3.63, 3.8) is 0 Å². The fourth-order valence-corrected chi connectivity index (χ4v) is 2.91. The van der Waals surface area contributed by atoms with Crippen LogP contribution in [-0.4, -0.2) is 35.0 Å². The van der Waals surface area contributed by atoms with Gasteiger partial charge in [-0.2, -0.15) is 0 Å². The molecule has 0 aromatic heterocycles. The highest BCUT2D eigenvalue weighted by atomic mass is 16.5. The summed E-state index contributed by atoms with van der Waals surface area (Å²) in [6.07, 6.45) is 14.6. The summed E-state index contributed by atoms with van der Waals surface area (Å²) in [4.78, 5) is 11.3. The number of esters is 1. The van der Waals surface area contributed by atoms with Crippen LogP contribution >= 0.6 is 0 Å². The molecule has 0 saturated carbocycles. The van der Waals surface area contributed by atoms with Gasteiger partial charge in [0.1, 0.15) is 0 Å². The first-order valence-electron chi connectivity index (χ1n) is 10.2. The molecule has 0 aliphatic carbocycles. The van der Waals surface area contributed by atoms with Crippen LogP contribution in [0.4, 0.5) is 0 Å². The number of hydrogen-bond acceptors (Lipinski definition) is 4. The van der Waals surface area contributed by atoms with E-state index in [1.165, 1.54) is 70.6 Å². The second-order valence-electron chi connectivity index (χ2n) is 6.80. The fraction of sp³-hybridized carbons (Fsp3) is 0.950. The van der Waals surface area contributed by atoms with Gasteiger partial charge in [-0.25, -0.2) is 4.79 Å². The molecule has 0 unspecified atom stereocenters. The third kappa shape index (κ3) is 13.8. The van der Waals surface area contributed by atoms with Gasteiger partial charge in [0, 0.05) is 0 Å². The van der Waals surface area contributed by atoms with Gasteiger partial charge < -0.3 is 14.9 Å². The zero-order chi connectivity index (χ0) is 18.0. The van der Waals surface area contributed by atoms with Crippen molar-refractivity contribution < 1.29 is 19.7 Å². The lowest BCUT2D eigenvalue weighted by Gasteiger charge is -2.16. The minimum absolute atomic E-state index is 0.224. The lowest BCUT2D eigenvalue weighted by atomic mass is 10.0. The average Bonchev–Trinajstić information content (AvgIpc) is 2.58. The molecular weight excluding hydrogens is 304 g/mol. The van der Waals surface area contributed by atoms with Crippen molar-refractivity contribution in [2.45, 2.75) is 116 Å². The Kier molecular flexibility index (Phi) is 16.8. The Morgan fingerprint density at radius 2 is 1.17 bits per heavy atom. The van der Waals surface area contributed by atoms with Crippen LogP contribution < -0.4 is 0 Å². The van der Waals surface area contributed by atoms with Crippen molar-refractivity contribution in [2.24, 2.45) is 0 Å². The van der Waals surface area contributed by atoms with Gasteiger partial charge in [0.25, 0.3) is 0 Å². The van der Waals surface area contributed by atoms with Gasteiger partial charge in [-0.15, -0.1) is 0 Å². The summed E-state index contributed by atoms with van der Waals surface area (Å²) in [6, 6.07) is 0. The van der Waals surface area contributed by atoms with E-state index in [9.17, 15) is 15.0 Å². The zero-order valence-corrected chi connectivity index (χ0v) is 16.0. The summed E-state index contributed by atoms with van der Waals surface area (Å²) in [7, 11) is 0. The minimum atomic E-state index is -1.40. The van der Waals surface area contributed by atoms with Gasteiger partial charge in [0.05, 0.1) is 12.7 Å². The summed E-state index contributed by atoms with van der Waals surface area (Å²) >= 11 is 0. The van der Waals surface area contributed by atoms with E-state index in [0.29, 0.717) is 6.42 Å². The highest BCUT2D eigenvalue weighted by Gasteiger charge is 2.24. The molecule has 4 nitrogen and oxygen atoms in total. The molecular formula is C20H40O4. The minimum Gasteiger partial charge on any atom is -0.464 e. The second-order valence-corrected chi connectivity index (χ2v) is 6.80. The third-order valence-corrected chi connectivity index (χ3v) is 4.50. The number of hydrogen-bond donors (Lipinski definition) is 2. The van der Waals surface area contributed by atoms with Gasteiger partial charge in [-0.05, 0) is 13.3 Å². The number of unbranched alkanes of at least 4 members (excludes halogenated alkanes) is 12. The molecule has 0 bridgehead atoms. The number of carbonyl (C=O) groups is 1. The lowest BCUT2D eigenvalue weighted by molar-refractivity contribution is -0.159. The predicted molar refractivity (Wildman–Crippen MR) is 99.0 cm³/mol. The van der Waals surface area contributed by atoms with Crippen LogP contribution in [0.3, 0.4) is 0 Å². The van der Waals surface area contributed by atoms with Gasteiger partial charge in [-0.1, -0.05) is 90.4 Å². The number of aliphatic hydroxyl groups is 2. The first-order valence-corrected chi connectivity index (χ1v) is 10.2. The molecule has 0 aromatic carbocycles. The smallest absolute Gasteiger partial charge is 0.337 e. The summed E-state index contributed by atoms with van der Waals surface area (Å²) in [6.45, 7) is 4.16. The summed E-state index contributed by atoms with van der Waals surface area (Å²) < 4.78 is 4.69. The number of aliphatic hydroxyl groups excluding tert-OH is 2. The highest BCUT2D eigenvalue weighted by molar-refractivity contribution is 5.75. The van der Waals surface area contributed by atoms with E-state index in [0.717, 1.165) is 12.8 Å². The van der Waals surface area contributed by atoms with Crippen molar-refractivity contribution in [3.05, 3.63) is 0 Å². The first kappa shape index (κ1) is 23.4. The van der Waals surface area contributed by atoms with Crippen LogP contribution in [-0.2, 0) is 9.53 Å². The van der Waals surface area contributed by atoms with E-state index in [-0.39, 0.29) is 6.61 Å². The molecule has 4 heteroatoms. The van der Waals surface area contributed by atoms with Gasteiger partial charge in [-0.3, -0.25) is 0 Å². The Hall–Kier alpha value is -0.610. The number of carbonyl (C=O) groups excluding carboxylic acids is 1. The van der Waals surface area contributed by atoms with Crippen molar-refractivity contribution in [1.29, 1.82) is 0 Å². The van der Waals surface area contributed by atoms with Crippen molar-refractivity contribution >= 4 is 5.97 Å². The molecule has 144 valence electrons. The Morgan fingerprint density at radius 1 is 0.750 bits per heavy atom. The SMILES string of the molecule is CCCCCCCCCCCCCCC[C@H](O)[C@@H](O)C(=O)OCC. The molecule has 0 rings (SSSR count). The molecule has 0 aliphatic rings. The molecule has 2 N–H and O–H groups in total. The lowest BCUT2D eigenvalue weighted by Crippen LogP contribution is -2.35. The topological polar surface area (TPSA) is 66.8 Å². The average molecular weight is 345 g/mol. The van der Waals surface area contributed by atoms with E-state index in [4.69, 9.17) is 4.74 Å². The second kappa shape index (κ2) is 17.2. The molecule has 24 heavy (non-hydrogen) atoms. The Labute approximate surface area is 149 Å². The maximum atomic E-state index is 11.3. The van der Waals surface area contributed by atoms with Crippen LogP contribution in [0.15, 0.2) is 0 Å². The van der Waals surface area contributed by atoms with E-state index < -0.39 is 18.2 Å². The Balaban J connectivity index is 3.31. The number of ether oxygens (including phenoxy) is 1. The van der Waals surface area contributed by atoms with Gasteiger partial charge >= 0.3 is 5.97 Å². The molecule has 0 heterocycles. The van der Waals surface area contributed by atoms with E-state index in [1.54, 1.807) is 6.92 Å². The largest absolute Gasteiger partial charge is 0.464 e. The van der Waals surface area contributed by atoms with Crippen molar-refractivity contribution in [3.8, 4) is 0 Å². The van der Waals surface area contributed by atoms with Crippen LogP contribution in [0.5, 0.6) is 0 Å². The van der Waals surface area contributed by atoms with Gasteiger partial charge in [0.15, 0.2) is 6.10 Å². The maximum absolute atomic E-state index is 11.3. The monoisotopic (exact) mass is 344 g/mol. The molecule has 0 aromatic rings. The molecule has 0 amide bonds. The molecule has 0 spiro atoms. The molecule has 0 saturated heterocycles.